The minimum atomic E-state index is 0.799. The van der Waals surface area contributed by atoms with Gasteiger partial charge in [-0.25, -0.2) is 0 Å². The summed E-state index contributed by atoms with van der Waals surface area (Å²) in [6, 6.07) is 16.5. The lowest BCUT2D eigenvalue weighted by Gasteiger charge is -2.02. The van der Waals surface area contributed by atoms with E-state index in [4.69, 9.17) is 11.6 Å². The van der Waals surface area contributed by atoms with E-state index in [0.717, 1.165) is 22.3 Å². The van der Waals surface area contributed by atoms with E-state index in [1.807, 2.05) is 12.1 Å². The van der Waals surface area contributed by atoms with Crippen molar-refractivity contribution in [2.45, 2.75) is 12.8 Å². The Kier molecular flexibility index (Phi) is 4.03. The molecule has 82 valence electrons. The van der Waals surface area contributed by atoms with Crippen LogP contribution >= 0.6 is 27.5 Å². The minimum absolute atomic E-state index is 0.799. The molecule has 0 atom stereocenters. The molecule has 2 rings (SSSR count). The van der Waals surface area contributed by atoms with Gasteiger partial charge in [0, 0.05) is 9.50 Å². The molecule has 0 radical (unpaired) electrons. The maximum absolute atomic E-state index is 5.84. The van der Waals surface area contributed by atoms with Gasteiger partial charge in [-0.2, -0.15) is 0 Å². The molecule has 0 saturated carbocycles. The number of aryl methyl sites for hydroxylation is 2. The van der Waals surface area contributed by atoms with E-state index in [2.05, 4.69) is 52.3 Å². The molecule has 0 heterocycles. The van der Waals surface area contributed by atoms with Crippen LogP contribution in [-0.2, 0) is 12.8 Å². The van der Waals surface area contributed by atoms with Gasteiger partial charge in [-0.3, -0.25) is 0 Å². The molecule has 0 amide bonds. The highest BCUT2D eigenvalue weighted by atomic mass is 79.9. The summed E-state index contributed by atoms with van der Waals surface area (Å²) in [7, 11) is 0. The summed E-state index contributed by atoms with van der Waals surface area (Å²) in [5.41, 5.74) is 2.69. The van der Waals surface area contributed by atoms with Gasteiger partial charge >= 0.3 is 0 Å². The summed E-state index contributed by atoms with van der Waals surface area (Å²) in [4.78, 5) is 0. The van der Waals surface area contributed by atoms with Gasteiger partial charge in [-0.15, -0.1) is 0 Å². The average molecular weight is 296 g/mol. The number of halogens is 2. The summed E-state index contributed by atoms with van der Waals surface area (Å²) in [5.74, 6) is 0. The first-order valence-corrected chi connectivity index (χ1v) is 6.40. The van der Waals surface area contributed by atoms with Crippen LogP contribution in [0.5, 0.6) is 0 Å². The van der Waals surface area contributed by atoms with Gasteiger partial charge in [0.15, 0.2) is 0 Å². The first-order valence-electron chi connectivity index (χ1n) is 5.23. The van der Waals surface area contributed by atoms with Crippen molar-refractivity contribution in [3.8, 4) is 0 Å². The number of hydrogen-bond donors (Lipinski definition) is 0. The highest BCUT2D eigenvalue weighted by Crippen LogP contribution is 2.14. The fraction of sp³-hybridized carbons (Fsp3) is 0.143. The van der Waals surface area contributed by atoms with Gasteiger partial charge in [0.25, 0.3) is 0 Å². The summed E-state index contributed by atoms with van der Waals surface area (Å²) in [6.45, 7) is 0. The molecular formula is C14H12BrCl. The van der Waals surface area contributed by atoms with Crippen molar-refractivity contribution < 1.29 is 0 Å². The Morgan fingerprint density at radius 1 is 0.750 bits per heavy atom. The average Bonchev–Trinajstić information content (AvgIpc) is 2.30. The molecule has 16 heavy (non-hydrogen) atoms. The highest BCUT2D eigenvalue weighted by molar-refractivity contribution is 9.10. The zero-order valence-corrected chi connectivity index (χ0v) is 11.1. The van der Waals surface area contributed by atoms with Crippen molar-refractivity contribution in [2.75, 3.05) is 0 Å². The molecule has 0 aromatic heterocycles. The fourth-order valence-corrected chi connectivity index (χ4v) is 1.98. The Hall–Kier alpha value is -0.790. The molecule has 0 bridgehead atoms. The van der Waals surface area contributed by atoms with E-state index in [-0.39, 0.29) is 0 Å². The van der Waals surface area contributed by atoms with E-state index in [0.29, 0.717) is 0 Å². The van der Waals surface area contributed by atoms with Gasteiger partial charge in [0.1, 0.15) is 0 Å². The molecule has 0 aliphatic carbocycles. The van der Waals surface area contributed by atoms with Gasteiger partial charge in [0.2, 0.25) is 0 Å². The second kappa shape index (κ2) is 5.51. The van der Waals surface area contributed by atoms with E-state index in [1.54, 1.807) is 0 Å². The van der Waals surface area contributed by atoms with Crippen LogP contribution in [0.3, 0.4) is 0 Å². The second-order valence-electron chi connectivity index (χ2n) is 3.75. The smallest absolute Gasteiger partial charge is 0.0406 e. The molecule has 0 aliphatic heterocycles. The predicted molar refractivity (Wildman–Crippen MR) is 73.0 cm³/mol. The van der Waals surface area contributed by atoms with Crippen molar-refractivity contribution in [1.29, 1.82) is 0 Å². The van der Waals surface area contributed by atoms with E-state index >= 15 is 0 Å². The third-order valence-corrected chi connectivity index (χ3v) is 3.31. The van der Waals surface area contributed by atoms with Crippen molar-refractivity contribution in [3.05, 3.63) is 69.2 Å². The minimum Gasteiger partial charge on any atom is -0.0843 e. The molecule has 2 heteroatoms. The van der Waals surface area contributed by atoms with Gasteiger partial charge in [0.05, 0.1) is 0 Å². The fourth-order valence-electron chi connectivity index (χ4n) is 1.59. The van der Waals surface area contributed by atoms with E-state index in [9.17, 15) is 0 Å². The molecule has 2 aromatic carbocycles. The van der Waals surface area contributed by atoms with Crippen LogP contribution in [0.25, 0.3) is 0 Å². The molecule has 0 fully saturated rings. The van der Waals surface area contributed by atoms with Crippen molar-refractivity contribution in [2.24, 2.45) is 0 Å². The van der Waals surface area contributed by atoms with Crippen molar-refractivity contribution >= 4 is 27.5 Å². The van der Waals surface area contributed by atoms with Gasteiger partial charge in [-0.1, -0.05) is 51.8 Å². The SMILES string of the molecule is Clc1ccc(CCc2ccc(Br)cc2)cc1. The van der Waals surface area contributed by atoms with Crippen molar-refractivity contribution in [1.82, 2.24) is 0 Å². The summed E-state index contributed by atoms with van der Waals surface area (Å²) in [5, 5.41) is 0.799. The number of rotatable bonds is 3. The molecule has 0 spiro atoms. The molecular weight excluding hydrogens is 284 g/mol. The van der Waals surface area contributed by atoms with Crippen LogP contribution < -0.4 is 0 Å². The Balaban J connectivity index is 1.97. The van der Waals surface area contributed by atoms with Crippen LogP contribution in [-0.4, -0.2) is 0 Å². The van der Waals surface area contributed by atoms with Crippen LogP contribution in [0, 0.1) is 0 Å². The Morgan fingerprint density at radius 3 is 1.69 bits per heavy atom. The second-order valence-corrected chi connectivity index (χ2v) is 5.11. The van der Waals surface area contributed by atoms with Crippen LogP contribution in [0.4, 0.5) is 0 Å². The predicted octanol–water partition coefficient (Wildman–Crippen LogP) is 4.89. The lowest BCUT2D eigenvalue weighted by atomic mass is 10.0. The molecule has 0 unspecified atom stereocenters. The lowest BCUT2D eigenvalue weighted by molar-refractivity contribution is 0.960. The lowest BCUT2D eigenvalue weighted by Crippen LogP contribution is -1.90. The zero-order valence-electron chi connectivity index (χ0n) is 8.79. The maximum Gasteiger partial charge on any atom is 0.0406 e. The largest absolute Gasteiger partial charge is 0.0843 e. The normalized spacial score (nSPS) is 10.4. The monoisotopic (exact) mass is 294 g/mol. The Morgan fingerprint density at radius 2 is 1.19 bits per heavy atom. The quantitative estimate of drug-likeness (QED) is 0.756. The van der Waals surface area contributed by atoms with Crippen molar-refractivity contribution in [3.63, 3.8) is 0 Å². The topological polar surface area (TPSA) is 0 Å². The van der Waals surface area contributed by atoms with E-state index in [1.165, 1.54) is 11.1 Å². The summed E-state index contributed by atoms with van der Waals surface area (Å²) < 4.78 is 1.13. The number of hydrogen-bond acceptors (Lipinski definition) is 0. The molecule has 0 nitrogen and oxygen atoms in total. The first kappa shape index (κ1) is 11.7. The Bertz CT molecular complexity index is 400. The third kappa shape index (κ3) is 3.36. The van der Waals surface area contributed by atoms with Crippen LogP contribution in [0.1, 0.15) is 11.1 Å². The van der Waals surface area contributed by atoms with Gasteiger partial charge < -0.3 is 0 Å². The number of benzene rings is 2. The highest BCUT2D eigenvalue weighted by Gasteiger charge is 1.96. The molecule has 0 N–H and O–H groups in total. The standard InChI is InChI=1S/C14H12BrCl/c15-13-7-3-11(4-8-13)1-2-12-5-9-14(16)10-6-12/h3-10H,1-2H2. The van der Waals surface area contributed by atoms with Gasteiger partial charge in [-0.05, 0) is 48.2 Å². The Labute approximate surface area is 109 Å². The molecule has 0 aliphatic rings. The van der Waals surface area contributed by atoms with Crippen LogP contribution in [0.2, 0.25) is 5.02 Å². The zero-order chi connectivity index (χ0) is 11.4. The van der Waals surface area contributed by atoms with E-state index < -0.39 is 0 Å². The molecule has 0 saturated heterocycles. The summed E-state index contributed by atoms with van der Waals surface area (Å²) >= 11 is 9.28. The maximum atomic E-state index is 5.84. The van der Waals surface area contributed by atoms with Crippen LogP contribution in [0.15, 0.2) is 53.0 Å². The first-order chi connectivity index (χ1) is 7.74. The molecule has 2 aromatic rings. The summed E-state index contributed by atoms with van der Waals surface area (Å²) in [6.07, 6.45) is 2.12. The third-order valence-electron chi connectivity index (χ3n) is 2.53.